The molecule has 2 aliphatic rings. The van der Waals surface area contributed by atoms with Gasteiger partial charge in [0.05, 0.1) is 19.1 Å². The molecule has 264 valence electrons. The minimum atomic E-state index is -3.65. The van der Waals surface area contributed by atoms with E-state index in [1.54, 1.807) is 20.8 Å². The van der Waals surface area contributed by atoms with Gasteiger partial charge in [-0.15, -0.1) is 11.8 Å². The summed E-state index contributed by atoms with van der Waals surface area (Å²) in [5.41, 5.74) is 0.893. The number of carbonyl (C=O) groups is 4. The molecule has 5 rings (SSSR count). The van der Waals surface area contributed by atoms with Crippen LogP contribution in [0.3, 0.4) is 0 Å². The van der Waals surface area contributed by atoms with E-state index in [4.69, 9.17) is 14.2 Å². The quantitative estimate of drug-likeness (QED) is 0.193. The second-order valence-corrected chi connectivity index (χ2v) is 15.4. The van der Waals surface area contributed by atoms with Gasteiger partial charge in [0.1, 0.15) is 28.8 Å². The van der Waals surface area contributed by atoms with E-state index < -0.39 is 63.1 Å². The van der Waals surface area contributed by atoms with Gasteiger partial charge in [0, 0.05) is 5.69 Å². The fraction of sp³-hybridized carbons (Fsp3) is 0.314. The Bertz CT molecular complexity index is 1860. The number of amides is 3. The van der Waals surface area contributed by atoms with Crippen LogP contribution in [0.1, 0.15) is 49.6 Å². The molecular formula is C35H38N4O9S2. The maximum atomic E-state index is 13.9. The number of ether oxygens (including phenoxy) is 3. The molecule has 3 N–H and O–H groups in total. The molecule has 1 fully saturated rings. The van der Waals surface area contributed by atoms with Crippen LogP contribution in [0.15, 0.2) is 96.4 Å². The fourth-order valence-corrected chi connectivity index (χ4v) is 7.31. The van der Waals surface area contributed by atoms with Gasteiger partial charge in [-0.2, -0.15) is 0 Å². The number of benzene rings is 3. The zero-order valence-electron chi connectivity index (χ0n) is 28.0. The van der Waals surface area contributed by atoms with Crippen molar-refractivity contribution in [1.82, 2.24) is 15.5 Å². The zero-order chi connectivity index (χ0) is 36.2. The summed E-state index contributed by atoms with van der Waals surface area (Å²) < 4.78 is 43.0. The molecule has 0 saturated carbocycles. The van der Waals surface area contributed by atoms with Crippen molar-refractivity contribution < 1.29 is 41.8 Å². The topological polar surface area (TPSA) is 169 Å². The Morgan fingerprint density at radius 2 is 1.52 bits per heavy atom. The van der Waals surface area contributed by atoms with Gasteiger partial charge in [0.2, 0.25) is 15.9 Å². The van der Waals surface area contributed by atoms with Gasteiger partial charge < -0.3 is 24.8 Å². The minimum absolute atomic E-state index is 0.0633. The number of methoxy groups -OCH3 is 1. The van der Waals surface area contributed by atoms with Gasteiger partial charge in [-0.05, 0) is 49.6 Å². The summed E-state index contributed by atoms with van der Waals surface area (Å²) in [6.45, 7) is 4.98. The average molecular weight is 723 g/mol. The molecule has 0 aliphatic carbocycles. The molecule has 2 aliphatic heterocycles. The number of sulfonamides is 1. The first-order valence-electron chi connectivity index (χ1n) is 15.6. The van der Waals surface area contributed by atoms with E-state index >= 15 is 0 Å². The Morgan fingerprint density at radius 3 is 2.08 bits per heavy atom. The van der Waals surface area contributed by atoms with Gasteiger partial charge in [0.15, 0.2) is 11.8 Å². The lowest BCUT2D eigenvalue weighted by atomic mass is 10.0. The molecule has 50 heavy (non-hydrogen) atoms. The third-order valence-corrected chi connectivity index (χ3v) is 9.41. The van der Waals surface area contributed by atoms with Crippen molar-refractivity contribution in [2.24, 2.45) is 0 Å². The Morgan fingerprint density at radius 1 is 0.920 bits per heavy atom. The summed E-state index contributed by atoms with van der Waals surface area (Å²) in [7, 11) is -2.25. The fourth-order valence-electron chi connectivity index (χ4n) is 5.44. The highest BCUT2D eigenvalue weighted by atomic mass is 32.2. The van der Waals surface area contributed by atoms with Crippen molar-refractivity contribution >= 4 is 51.3 Å². The predicted molar refractivity (Wildman–Crippen MR) is 187 cm³/mol. The number of anilines is 1. The van der Waals surface area contributed by atoms with Crippen LogP contribution < -0.4 is 15.4 Å². The van der Waals surface area contributed by atoms with Gasteiger partial charge in [-0.25, -0.2) is 18.0 Å². The first kappa shape index (κ1) is 36.3. The summed E-state index contributed by atoms with van der Waals surface area (Å²) in [6, 6.07) is 21.9. The van der Waals surface area contributed by atoms with Gasteiger partial charge in [-0.3, -0.25) is 19.2 Å². The maximum absolute atomic E-state index is 13.9. The maximum Gasteiger partial charge on any atom is 0.408 e. The first-order valence-corrected chi connectivity index (χ1v) is 18.5. The molecule has 2 heterocycles. The van der Waals surface area contributed by atoms with Crippen LogP contribution in [0.5, 0.6) is 0 Å². The average Bonchev–Trinajstić information content (AvgIpc) is 3.06. The lowest BCUT2D eigenvalue weighted by Crippen LogP contribution is -2.71. The summed E-state index contributed by atoms with van der Waals surface area (Å²) in [5.74, 6) is -1.67. The molecule has 0 spiro atoms. The van der Waals surface area contributed by atoms with Crippen LogP contribution >= 0.6 is 11.8 Å². The van der Waals surface area contributed by atoms with E-state index in [-0.39, 0.29) is 28.5 Å². The third kappa shape index (κ3) is 8.58. The van der Waals surface area contributed by atoms with E-state index in [1.807, 2.05) is 60.7 Å². The molecule has 3 aromatic rings. The summed E-state index contributed by atoms with van der Waals surface area (Å²) >= 11 is 1.28. The van der Waals surface area contributed by atoms with Crippen LogP contribution in [0.2, 0.25) is 0 Å². The second-order valence-electron chi connectivity index (χ2n) is 12.6. The number of β-lactam (4-membered cyclic amide) rings is 1. The standard InChI is InChI=1S/C35H38N4O9S2/c1-35(2,3)48-34(43)37-26(23-17-12-18-24(19-23)38-50(5,44)45)30(40)36-27-31(41)39-28(25(46-4)20-49-32(27)39)33(42)47-29(21-13-8-6-9-14-21)22-15-10-7-11-16-22/h6-19,26-27,29,32,38H,20H2,1-5H3,(H,36,40)(H,37,43)/t26?,27-,32-/m1/s1. The zero-order valence-corrected chi connectivity index (χ0v) is 29.7. The first-order chi connectivity index (χ1) is 23.6. The molecular weight excluding hydrogens is 685 g/mol. The van der Waals surface area contributed by atoms with Crippen molar-refractivity contribution in [1.29, 1.82) is 0 Å². The number of nitrogens with one attached hydrogen (secondary N) is 3. The van der Waals surface area contributed by atoms with Gasteiger partial charge in [0.25, 0.3) is 5.91 Å². The minimum Gasteiger partial charge on any atom is -0.498 e. The Kier molecular flexibility index (Phi) is 10.8. The van der Waals surface area contributed by atoms with Crippen molar-refractivity contribution in [3.8, 4) is 0 Å². The van der Waals surface area contributed by atoms with Crippen molar-refractivity contribution in [3.05, 3.63) is 113 Å². The number of carbonyl (C=O) groups excluding carboxylic acids is 4. The van der Waals surface area contributed by atoms with Crippen LogP contribution in [0, 0.1) is 0 Å². The predicted octanol–water partition coefficient (Wildman–Crippen LogP) is 4.21. The Hall–Kier alpha value is -5.02. The third-order valence-electron chi connectivity index (χ3n) is 7.55. The van der Waals surface area contributed by atoms with Crippen molar-refractivity contribution in [3.63, 3.8) is 0 Å². The van der Waals surface area contributed by atoms with E-state index in [1.165, 1.54) is 48.0 Å². The SMILES string of the molecule is COC1=C(C(=O)OC(c2ccccc2)c2ccccc2)N2C(=O)[C@@H](NC(=O)C(NC(=O)OC(C)(C)C)c3cccc(NS(C)(=O)=O)c3)[C@H]2SC1. The van der Waals surface area contributed by atoms with E-state index in [0.717, 1.165) is 17.4 Å². The number of thioether (sulfide) groups is 1. The smallest absolute Gasteiger partial charge is 0.408 e. The van der Waals surface area contributed by atoms with E-state index in [0.29, 0.717) is 0 Å². The Labute approximate surface area is 294 Å². The molecule has 3 amide bonds. The second kappa shape index (κ2) is 14.8. The number of alkyl carbamates (subject to hydrolysis) is 1. The van der Waals surface area contributed by atoms with Crippen LogP contribution in [-0.4, -0.2) is 73.3 Å². The van der Waals surface area contributed by atoms with Crippen molar-refractivity contribution in [2.45, 2.75) is 49.9 Å². The van der Waals surface area contributed by atoms with E-state index in [9.17, 15) is 27.6 Å². The normalized spacial score (nSPS) is 18.0. The summed E-state index contributed by atoms with van der Waals surface area (Å²) in [6.07, 6.45) is -0.699. The number of nitrogens with zero attached hydrogens (tertiary/aromatic N) is 1. The van der Waals surface area contributed by atoms with Gasteiger partial charge in [-0.1, -0.05) is 72.8 Å². The van der Waals surface area contributed by atoms with Crippen molar-refractivity contribution in [2.75, 3.05) is 23.8 Å². The highest BCUT2D eigenvalue weighted by Gasteiger charge is 2.55. The molecule has 1 unspecified atom stereocenters. The monoisotopic (exact) mass is 722 g/mol. The Balaban J connectivity index is 1.38. The highest BCUT2D eigenvalue weighted by molar-refractivity contribution is 8.00. The lowest BCUT2D eigenvalue weighted by molar-refractivity contribution is -0.155. The molecule has 13 nitrogen and oxygen atoms in total. The number of hydrogen-bond acceptors (Lipinski definition) is 10. The van der Waals surface area contributed by atoms with Crippen LogP contribution in [0.25, 0.3) is 0 Å². The largest absolute Gasteiger partial charge is 0.498 e. The molecule has 0 radical (unpaired) electrons. The number of hydrogen-bond donors (Lipinski definition) is 3. The number of esters is 1. The summed E-state index contributed by atoms with van der Waals surface area (Å²) in [4.78, 5) is 55.5. The number of fused-ring (bicyclic) bond motifs is 1. The summed E-state index contributed by atoms with van der Waals surface area (Å²) in [5, 5.41) is 4.55. The molecule has 0 aromatic heterocycles. The molecule has 15 heteroatoms. The number of rotatable bonds is 11. The highest BCUT2D eigenvalue weighted by Crippen LogP contribution is 2.42. The van der Waals surface area contributed by atoms with Crippen LogP contribution in [0.4, 0.5) is 10.5 Å². The van der Waals surface area contributed by atoms with Gasteiger partial charge >= 0.3 is 12.1 Å². The molecule has 3 aromatic carbocycles. The molecule has 0 bridgehead atoms. The molecule has 1 saturated heterocycles. The van der Waals surface area contributed by atoms with Crippen LogP contribution in [-0.2, 0) is 38.6 Å². The van der Waals surface area contributed by atoms with E-state index in [2.05, 4.69) is 15.4 Å². The molecule has 3 atom stereocenters. The lowest BCUT2D eigenvalue weighted by Gasteiger charge is -2.49.